The number of carbonyl (C=O) groups is 1. The molecule has 0 unspecified atom stereocenters. The van der Waals surface area contributed by atoms with Crippen molar-refractivity contribution in [2.24, 2.45) is 0 Å². The maximum Gasteiger partial charge on any atom is 0.328 e. The topological polar surface area (TPSA) is 55.8 Å². The second kappa shape index (κ2) is 7.49. The third-order valence-corrected chi connectivity index (χ3v) is 2.72. The van der Waals surface area contributed by atoms with E-state index >= 15 is 0 Å². The summed E-state index contributed by atoms with van der Waals surface area (Å²) >= 11 is 3.36. The fourth-order valence-electron chi connectivity index (χ4n) is 1.32. The maximum atomic E-state index is 10.5. The molecule has 0 fully saturated rings. The number of halogens is 1. The van der Waals surface area contributed by atoms with Crippen LogP contribution in [0.2, 0.25) is 0 Å². The zero-order valence-electron chi connectivity index (χ0n) is 10.6. The first-order chi connectivity index (χ1) is 9.08. The Hall–Kier alpha value is -1.93. The van der Waals surface area contributed by atoms with E-state index in [9.17, 15) is 4.79 Å². The molecule has 0 saturated heterocycles. The quantitative estimate of drug-likeness (QED) is 0.668. The first kappa shape index (κ1) is 15.1. The van der Waals surface area contributed by atoms with Crippen molar-refractivity contribution in [3.8, 4) is 23.3 Å². The van der Waals surface area contributed by atoms with Gasteiger partial charge in [-0.15, -0.1) is 5.92 Å². The van der Waals surface area contributed by atoms with Crippen LogP contribution < -0.4 is 9.47 Å². The van der Waals surface area contributed by atoms with Gasteiger partial charge in [0.05, 0.1) is 11.6 Å². The van der Waals surface area contributed by atoms with E-state index in [1.165, 1.54) is 13.2 Å². The smallest absolute Gasteiger partial charge is 0.328 e. The van der Waals surface area contributed by atoms with Gasteiger partial charge in [-0.25, -0.2) is 4.79 Å². The van der Waals surface area contributed by atoms with E-state index in [4.69, 9.17) is 14.6 Å². The van der Waals surface area contributed by atoms with Crippen molar-refractivity contribution in [2.75, 3.05) is 13.7 Å². The van der Waals surface area contributed by atoms with Gasteiger partial charge in [0.2, 0.25) is 0 Å². The van der Waals surface area contributed by atoms with E-state index in [-0.39, 0.29) is 6.61 Å². The summed E-state index contributed by atoms with van der Waals surface area (Å²) in [6, 6.07) is 3.44. The third-order valence-electron chi connectivity index (χ3n) is 2.14. The molecule has 0 aliphatic carbocycles. The van der Waals surface area contributed by atoms with Crippen LogP contribution in [0.4, 0.5) is 0 Å². The molecule has 0 amide bonds. The van der Waals surface area contributed by atoms with E-state index in [1.54, 1.807) is 19.1 Å². The summed E-state index contributed by atoms with van der Waals surface area (Å²) in [4.78, 5) is 10.5. The highest BCUT2D eigenvalue weighted by Crippen LogP contribution is 2.36. The Labute approximate surface area is 120 Å². The van der Waals surface area contributed by atoms with Crippen molar-refractivity contribution in [2.45, 2.75) is 6.92 Å². The van der Waals surface area contributed by atoms with E-state index < -0.39 is 5.97 Å². The van der Waals surface area contributed by atoms with Crippen LogP contribution in [-0.4, -0.2) is 24.8 Å². The predicted molar refractivity (Wildman–Crippen MR) is 76.3 cm³/mol. The van der Waals surface area contributed by atoms with Gasteiger partial charge < -0.3 is 14.6 Å². The summed E-state index contributed by atoms with van der Waals surface area (Å²) in [6.45, 7) is 1.99. The second-order valence-corrected chi connectivity index (χ2v) is 4.28. The van der Waals surface area contributed by atoms with Crippen molar-refractivity contribution < 1.29 is 19.4 Å². The van der Waals surface area contributed by atoms with Gasteiger partial charge in [-0.3, -0.25) is 0 Å². The van der Waals surface area contributed by atoms with Gasteiger partial charge >= 0.3 is 5.97 Å². The molecule has 0 saturated carbocycles. The molecular formula is C14H13BrO4. The summed E-state index contributed by atoms with van der Waals surface area (Å²) in [5, 5.41) is 8.60. The monoisotopic (exact) mass is 324 g/mol. The Kier molecular flexibility index (Phi) is 5.97. The van der Waals surface area contributed by atoms with Crippen molar-refractivity contribution >= 4 is 28.0 Å². The molecule has 19 heavy (non-hydrogen) atoms. The number of hydrogen-bond acceptors (Lipinski definition) is 3. The molecule has 0 aliphatic heterocycles. The van der Waals surface area contributed by atoms with Gasteiger partial charge in [0.1, 0.15) is 6.61 Å². The lowest BCUT2D eigenvalue weighted by Crippen LogP contribution is -1.98. The minimum Gasteiger partial charge on any atom is -0.493 e. The van der Waals surface area contributed by atoms with E-state index in [1.807, 2.05) is 0 Å². The van der Waals surface area contributed by atoms with Gasteiger partial charge in [0, 0.05) is 6.08 Å². The molecule has 1 N–H and O–H groups in total. The van der Waals surface area contributed by atoms with Crippen molar-refractivity contribution in [1.29, 1.82) is 0 Å². The van der Waals surface area contributed by atoms with E-state index in [0.29, 0.717) is 21.5 Å². The standard InChI is InChI=1S/C14H13BrO4/c1-3-4-7-19-14-11(15)8-10(5-6-13(16)17)9-12(14)18-2/h5-6,8-9H,7H2,1-2H3,(H,16,17)/b6-5+. The molecule has 0 spiro atoms. The van der Waals surface area contributed by atoms with Crippen LogP contribution in [-0.2, 0) is 4.79 Å². The number of carboxylic acid groups (broad SMARTS) is 1. The minimum absolute atomic E-state index is 0.260. The lowest BCUT2D eigenvalue weighted by molar-refractivity contribution is -0.131. The number of aliphatic carboxylic acids is 1. The summed E-state index contributed by atoms with van der Waals surface area (Å²) in [6.07, 6.45) is 2.54. The number of ether oxygens (including phenoxy) is 2. The molecule has 0 aliphatic rings. The fourth-order valence-corrected chi connectivity index (χ4v) is 1.90. The van der Waals surface area contributed by atoms with Crippen molar-refractivity contribution in [3.05, 3.63) is 28.2 Å². The van der Waals surface area contributed by atoms with Crippen LogP contribution in [0.5, 0.6) is 11.5 Å². The Morgan fingerprint density at radius 3 is 2.84 bits per heavy atom. The molecule has 100 valence electrons. The Balaban J connectivity index is 3.05. The highest BCUT2D eigenvalue weighted by molar-refractivity contribution is 9.10. The first-order valence-electron chi connectivity index (χ1n) is 5.39. The lowest BCUT2D eigenvalue weighted by Gasteiger charge is -2.11. The first-order valence-corrected chi connectivity index (χ1v) is 6.18. The predicted octanol–water partition coefficient (Wildman–Crippen LogP) is 2.96. The van der Waals surface area contributed by atoms with Gasteiger partial charge in [-0.1, -0.05) is 5.92 Å². The van der Waals surface area contributed by atoms with Crippen molar-refractivity contribution in [1.82, 2.24) is 0 Å². The molecule has 0 bridgehead atoms. The van der Waals surface area contributed by atoms with Gasteiger partial charge in [0.15, 0.2) is 11.5 Å². The summed E-state index contributed by atoms with van der Waals surface area (Å²) in [5.41, 5.74) is 0.694. The van der Waals surface area contributed by atoms with E-state index in [2.05, 4.69) is 27.8 Å². The summed E-state index contributed by atoms with van der Waals surface area (Å²) in [7, 11) is 1.52. The molecule has 4 nitrogen and oxygen atoms in total. The van der Waals surface area contributed by atoms with Crippen LogP contribution in [0.25, 0.3) is 6.08 Å². The van der Waals surface area contributed by atoms with Gasteiger partial charge in [-0.2, -0.15) is 0 Å². The molecule has 0 radical (unpaired) electrons. The summed E-state index contributed by atoms with van der Waals surface area (Å²) in [5.74, 6) is 5.57. The zero-order valence-corrected chi connectivity index (χ0v) is 12.2. The van der Waals surface area contributed by atoms with Crippen LogP contribution in [0.15, 0.2) is 22.7 Å². The number of hydrogen-bond donors (Lipinski definition) is 1. The van der Waals surface area contributed by atoms with Crippen LogP contribution in [0.1, 0.15) is 12.5 Å². The molecule has 1 rings (SSSR count). The SMILES string of the molecule is CC#CCOc1c(Br)cc(/C=C/C(=O)O)cc1OC. The summed E-state index contributed by atoms with van der Waals surface area (Å²) < 4.78 is 11.4. The fraction of sp³-hybridized carbons (Fsp3) is 0.214. The van der Waals surface area contributed by atoms with Crippen LogP contribution >= 0.6 is 15.9 Å². The largest absolute Gasteiger partial charge is 0.493 e. The average Bonchev–Trinajstić information content (AvgIpc) is 2.38. The number of benzene rings is 1. The second-order valence-electron chi connectivity index (χ2n) is 3.42. The molecule has 0 atom stereocenters. The minimum atomic E-state index is -1.01. The molecular weight excluding hydrogens is 312 g/mol. The van der Waals surface area contributed by atoms with E-state index in [0.717, 1.165) is 6.08 Å². The molecule has 1 aromatic rings. The van der Waals surface area contributed by atoms with Crippen LogP contribution in [0.3, 0.4) is 0 Å². The Bertz CT molecular complexity index is 553. The molecule has 0 heterocycles. The highest BCUT2D eigenvalue weighted by Gasteiger charge is 2.10. The molecule has 5 heteroatoms. The van der Waals surface area contributed by atoms with Crippen molar-refractivity contribution in [3.63, 3.8) is 0 Å². The normalized spacial score (nSPS) is 9.84. The zero-order chi connectivity index (χ0) is 14.3. The highest BCUT2D eigenvalue weighted by atomic mass is 79.9. The molecule has 1 aromatic carbocycles. The van der Waals surface area contributed by atoms with Gasteiger partial charge in [0.25, 0.3) is 0 Å². The van der Waals surface area contributed by atoms with Gasteiger partial charge in [-0.05, 0) is 46.6 Å². The maximum absolute atomic E-state index is 10.5. The lowest BCUT2D eigenvalue weighted by atomic mass is 10.2. The number of rotatable bonds is 5. The van der Waals surface area contributed by atoms with Crippen LogP contribution in [0, 0.1) is 11.8 Å². The third kappa shape index (κ3) is 4.68. The Morgan fingerprint density at radius 1 is 1.53 bits per heavy atom. The average molecular weight is 325 g/mol. The molecule has 0 aromatic heterocycles. The Morgan fingerprint density at radius 2 is 2.26 bits per heavy atom. The number of carboxylic acids is 1. The number of methoxy groups -OCH3 is 1.